The average molecular weight is 462 g/mol. The van der Waals surface area contributed by atoms with Crippen LogP contribution in [0.15, 0.2) is 4.99 Å². The van der Waals surface area contributed by atoms with Crippen molar-refractivity contribution in [2.75, 3.05) is 39.8 Å². The van der Waals surface area contributed by atoms with Gasteiger partial charge < -0.3 is 19.9 Å². The Kier molecular flexibility index (Phi) is 6.13. The molecule has 7 heteroatoms. The van der Waals surface area contributed by atoms with Gasteiger partial charge in [-0.25, -0.2) is 0 Å². The molecule has 0 aromatic heterocycles. The minimum absolute atomic E-state index is 0. The summed E-state index contributed by atoms with van der Waals surface area (Å²) in [5, 5.41) is 3.60. The second-order valence-corrected chi connectivity index (χ2v) is 7.90. The number of carbonyl (C=O) groups excluding carboxylic acids is 1. The summed E-state index contributed by atoms with van der Waals surface area (Å²) in [4.78, 5) is 20.3. The summed E-state index contributed by atoms with van der Waals surface area (Å²) < 4.78 is 6.07. The van der Waals surface area contributed by atoms with Crippen molar-refractivity contribution in [3.05, 3.63) is 0 Å². The van der Waals surface area contributed by atoms with Crippen LogP contribution in [-0.4, -0.2) is 73.6 Å². The molecule has 4 rings (SSSR count). The summed E-state index contributed by atoms with van der Waals surface area (Å²) >= 11 is 0. The molecule has 0 aromatic carbocycles. The predicted molar refractivity (Wildman–Crippen MR) is 108 cm³/mol. The Balaban J connectivity index is 0.00000182. The Morgan fingerprint density at radius 1 is 1.08 bits per heavy atom. The largest absolute Gasteiger partial charge is 0.374 e. The first kappa shape index (κ1) is 19.2. The number of piperidine rings is 1. The third-order valence-corrected chi connectivity index (χ3v) is 6.57. The van der Waals surface area contributed by atoms with Gasteiger partial charge >= 0.3 is 0 Å². The minimum Gasteiger partial charge on any atom is -0.374 e. The third kappa shape index (κ3) is 3.77. The molecule has 4 aliphatic rings. The lowest BCUT2D eigenvalue weighted by atomic mass is 9.82. The maximum atomic E-state index is 11.4. The number of nitrogens with zero attached hydrogens (tertiary/aromatic N) is 3. The van der Waals surface area contributed by atoms with Crippen molar-refractivity contribution >= 4 is 35.8 Å². The van der Waals surface area contributed by atoms with E-state index in [4.69, 9.17) is 4.74 Å². The number of nitrogens with one attached hydrogen (secondary N) is 1. The molecular formula is C18H31IN4O2. The Hall–Kier alpha value is -0.570. The number of aliphatic imine (C=N–C) groups is 1. The second-order valence-electron chi connectivity index (χ2n) is 7.90. The maximum absolute atomic E-state index is 11.4. The summed E-state index contributed by atoms with van der Waals surface area (Å²) in [6.07, 6.45) is 5.68. The van der Waals surface area contributed by atoms with E-state index in [-0.39, 0.29) is 29.9 Å². The first-order valence-electron chi connectivity index (χ1n) is 9.52. The first-order valence-corrected chi connectivity index (χ1v) is 9.52. The first-order chi connectivity index (χ1) is 11.7. The van der Waals surface area contributed by atoms with Gasteiger partial charge in [0.1, 0.15) is 0 Å². The number of likely N-dealkylation sites (tertiary alicyclic amines) is 2. The number of fused-ring (bicyclic) bond motifs is 5. The van der Waals surface area contributed by atoms with E-state index in [0.717, 1.165) is 51.5 Å². The van der Waals surface area contributed by atoms with E-state index in [2.05, 4.69) is 15.2 Å². The number of carbonyl (C=O) groups is 1. The number of hydrogen-bond acceptors (Lipinski definition) is 3. The van der Waals surface area contributed by atoms with E-state index in [1.54, 1.807) is 6.92 Å². The van der Waals surface area contributed by atoms with Crippen molar-refractivity contribution in [1.29, 1.82) is 0 Å². The van der Waals surface area contributed by atoms with Gasteiger partial charge in [0.15, 0.2) is 5.96 Å². The molecule has 1 N–H and O–H groups in total. The van der Waals surface area contributed by atoms with Crippen LogP contribution in [0.1, 0.15) is 32.6 Å². The summed E-state index contributed by atoms with van der Waals surface area (Å²) in [5.74, 6) is 3.32. The van der Waals surface area contributed by atoms with Gasteiger partial charge in [-0.3, -0.25) is 9.79 Å². The molecule has 4 fully saturated rings. The number of guanidine groups is 1. The number of halogens is 1. The molecule has 0 spiro atoms. The van der Waals surface area contributed by atoms with Crippen LogP contribution in [0, 0.1) is 17.8 Å². The molecule has 4 unspecified atom stereocenters. The van der Waals surface area contributed by atoms with Crippen molar-refractivity contribution in [3.8, 4) is 0 Å². The Morgan fingerprint density at radius 3 is 2.20 bits per heavy atom. The van der Waals surface area contributed by atoms with E-state index in [1.807, 2.05) is 11.9 Å². The molecule has 25 heavy (non-hydrogen) atoms. The van der Waals surface area contributed by atoms with E-state index in [1.165, 1.54) is 12.8 Å². The highest BCUT2D eigenvalue weighted by Gasteiger charge is 2.53. The van der Waals surface area contributed by atoms with Crippen LogP contribution < -0.4 is 5.32 Å². The van der Waals surface area contributed by atoms with Gasteiger partial charge in [0.2, 0.25) is 5.91 Å². The molecule has 1 amide bonds. The number of hydrogen-bond donors (Lipinski definition) is 1. The molecule has 6 nitrogen and oxygen atoms in total. The van der Waals surface area contributed by atoms with E-state index in [0.29, 0.717) is 30.0 Å². The Labute approximate surface area is 167 Å². The standard InChI is InChI=1S/C18H30N4O2.HI/c1-12(23)21-7-5-13(6-8-21)9-20-18(19-2)22-10-14-15(11-22)17-4-3-16(14)24-17;/h13-17H,3-11H2,1-2H3,(H,19,20);1H. The Bertz CT molecular complexity index is 503. The molecular weight excluding hydrogens is 431 g/mol. The smallest absolute Gasteiger partial charge is 0.219 e. The summed E-state index contributed by atoms with van der Waals surface area (Å²) in [6, 6.07) is 0. The topological polar surface area (TPSA) is 57.2 Å². The number of rotatable bonds is 2. The predicted octanol–water partition coefficient (Wildman–Crippen LogP) is 1.55. The molecule has 4 aliphatic heterocycles. The van der Waals surface area contributed by atoms with Crippen molar-refractivity contribution in [1.82, 2.24) is 15.1 Å². The molecule has 4 saturated heterocycles. The van der Waals surface area contributed by atoms with Crippen molar-refractivity contribution in [2.45, 2.75) is 44.8 Å². The molecule has 0 aliphatic carbocycles. The molecule has 0 aromatic rings. The lowest BCUT2D eigenvalue weighted by Gasteiger charge is -2.32. The van der Waals surface area contributed by atoms with Gasteiger partial charge in [-0.15, -0.1) is 24.0 Å². The van der Waals surface area contributed by atoms with E-state index < -0.39 is 0 Å². The zero-order valence-electron chi connectivity index (χ0n) is 15.3. The molecule has 0 radical (unpaired) electrons. The lowest BCUT2D eigenvalue weighted by Crippen LogP contribution is -2.45. The molecule has 0 saturated carbocycles. The van der Waals surface area contributed by atoms with Crippen LogP contribution in [0.25, 0.3) is 0 Å². The maximum Gasteiger partial charge on any atom is 0.219 e. The molecule has 4 heterocycles. The van der Waals surface area contributed by atoms with Gasteiger partial charge in [0.25, 0.3) is 0 Å². The normalized spacial score (nSPS) is 34.9. The molecule has 2 bridgehead atoms. The van der Waals surface area contributed by atoms with Gasteiger partial charge in [-0.05, 0) is 31.6 Å². The van der Waals surface area contributed by atoms with E-state index in [9.17, 15) is 4.79 Å². The van der Waals surface area contributed by atoms with Crippen molar-refractivity contribution in [3.63, 3.8) is 0 Å². The minimum atomic E-state index is 0. The fourth-order valence-electron chi connectivity index (χ4n) is 5.15. The summed E-state index contributed by atoms with van der Waals surface area (Å²) in [5.41, 5.74) is 0. The highest BCUT2D eigenvalue weighted by atomic mass is 127. The zero-order valence-corrected chi connectivity index (χ0v) is 17.6. The second kappa shape index (κ2) is 7.98. The summed E-state index contributed by atoms with van der Waals surface area (Å²) in [7, 11) is 1.89. The van der Waals surface area contributed by atoms with Crippen LogP contribution >= 0.6 is 24.0 Å². The zero-order chi connectivity index (χ0) is 16.7. The van der Waals surface area contributed by atoms with E-state index >= 15 is 0 Å². The number of ether oxygens (including phenoxy) is 1. The van der Waals surface area contributed by atoms with Gasteiger partial charge in [-0.1, -0.05) is 0 Å². The van der Waals surface area contributed by atoms with Crippen molar-refractivity contribution in [2.24, 2.45) is 22.7 Å². The van der Waals surface area contributed by atoms with Gasteiger partial charge in [-0.2, -0.15) is 0 Å². The Morgan fingerprint density at radius 2 is 1.68 bits per heavy atom. The third-order valence-electron chi connectivity index (χ3n) is 6.57. The molecule has 4 atom stereocenters. The van der Waals surface area contributed by atoms with Gasteiger partial charge in [0.05, 0.1) is 12.2 Å². The fourth-order valence-corrected chi connectivity index (χ4v) is 5.15. The molecule has 142 valence electrons. The SMILES string of the molecule is CN=C(NCC1CCN(C(C)=O)CC1)N1CC2C3CCC(O3)C2C1.I. The highest BCUT2D eigenvalue weighted by molar-refractivity contribution is 14.0. The summed E-state index contributed by atoms with van der Waals surface area (Å²) in [6.45, 7) is 6.61. The van der Waals surface area contributed by atoms with Crippen molar-refractivity contribution < 1.29 is 9.53 Å². The highest BCUT2D eigenvalue weighted by Crippen LogP contribution is 2.47. The quantitative estimate of drug-likeness (QED) is 0.385. The van der Waals surface area contributed by atoms with Crippen LogP contribution in [0.4, 0.5) is 0 Å². The van der Waals surface area contributed by atoms with Crippen LogP contribution in [0.2, 0.25) is 0 Å². The monoisotopic (exact) mass is 462 g/mol. The van der Waals surface area contributed by atoms with Gasteiger partial charge in [0, 0.05) is 58.5 Å². The lowest BCUT2D eigenvalue weighted by molar-refractivity contribution is -0.130. The average Bonchev–Trinajstić information content (AvgIpc) is 3.29. The van der Waals surface area contributed by atoms with Crippen LogP contribution in [0.5, 0.6) is 0 Å². The fraction of sp³-hybridized carbons (Fsp3) is 0.889. The van der Waals surface area contributed by atoms with Crippen LogP contribution in [0.3, 0.4) is 0 Å². The number of amides is 1. The van der Waals surface area contributed by atoms with Crippen LogP contribution in [-0.2, 0) is 9.53 Å².